The summed E-state index contributed by atoms with van der Waals surface area (Å²) in [6.07, 6.45) is -0.0196. The summed E-state index contributed by atoms with van der Waals surface area (Å²) >= 11 is 0. The van der Waals surface area contributed by atoms with E-state index < -0.39 is 21.6 Å². The summed E-state index contributed by atoms with van der Waals surface area (Å²) in [5.41, 5.74) is 0.0663. The molecule has 20 heavy (non-hydrogen) atoms. The molecule has 1 aromatic rings. The molecular formula is C14H17NO4S. The third-order valence-electron chi connectivity index (χ3n) is 2.07. The van der Waals surface area contributed by atoms with Crippen LogP contribution in [0, 0.1) is 11.8 Å². The smallest absolute Gasteiger partial charge is 0.318 e. The molecule has 0 fully saturated rings. The highest BCUT2D eigenvalue weighted by Crippen LogP contribution is 2.09. The lowest BCUT2D eigenvalue weighted by Crippen LogP contribution is -2.23. The van der Waals surface area contributed by atoms with Gasteiger partial charge in [-0.25, -0.2) is 13.6 Å². The molecule has 108 valence electrons. The number of hydrogen-bond acceptors (Lipinski definition) is 4. The van der Waals surface area contributed by atoms with E-state index in [9.17, 15) is 13.2 Å². The van der Waals surface area contributed by atoms with Gasteiger partial charge in [0.15, 0.2) is 0 Å². The van der Waals surface area contributed by atoms with Gasteiger partial charge in [-0.2, -0.15) is 0 Å². The van der Waals surface area contributed by atoms with Gasteiger partial charge < -0.3 is 4.74 Å². The Bertz CT molecular complexity index is 643. The minimum atomic E-state index is -3.70. The lowest BCUT2D eigenvalue weighted by atomic mass is 10.2. The number of sulfonamides is 1. The fourth-order valence-electron chi connectivity index (χ4n) is 1.32. The van der Waals surface area contributed by atoms with Crippen LogP contribution in [-0.4, -0.2) is 20.0 Å². The fraction of sp³-hybridized carbons (Fsp3) is 0.357. The number of nitrogens with two attached hydrogens (primary N) is 1. The third kappa shape index (κ3) is 5.87. The van der Waals surface area contributed by atoms with E-state index in [0.717, 1.165) is 0 Å². The minimum absolute atomic E-state index is 0.0196. The van der Waals surface area contributed by atoms with Crippen LogP contribution in [0.15, 0.2) is 29.2 Å². The van der Waals surface area contributed by atoms with Crippen LogP contribution in [0.25, 0.3) is 0 Å². The number of primary sulfonamides is 1. The van der Waals surface area contributed by atoms with Crippen LogP contribution in [0.4, 0.5) is 0 Å². The largest absolute Gasteiger partial charge is 0.459 e. The van der Waals surface area contributed by atoms with Crippen molar-refractivity contribution in [2.75, 3.05) is 0 Å². The first-order chi connectivity index (χ1) is 9.08. The number of hydrogen-bond donors (Lipinski definition) is 1. The SMILES string of the molecule is CC(C)(C)OC(=O)CC#Cc1ccc(S(N)(=O)=O)cc1. The molecule has 0 amide bonds. The number of ether oxygens (including phenoxy) is 1. The molecule has 1 aromatic carbocycles. The number of carbonyl (C=O) groups is 1. The lowest BCUT2D eigenvalue weighted by molar-refractivity contribution is -0.153. The van der Waals surface area contributed by atoms with Gasteiger partial charge >= 0.3 is 5.97 Å². The van der Waals surface area contributed by atoms with Gasteiger partial charge in [-0.05, 0) is 45.0 Å². The molecule has 0 aliphatic rings. The summed E-state index contributed by atoms with van der Waals surface area (Å²) in [5.74, 6) is 5.03. The summed E-state index contributed by atoms with van der Waals surface area (Å²) < 4.78 is 27.2. The van der Waals surface area contributed by atoms with Gasteiger partial charge in [0.1, 0.15) is 12.0 Å². The molecule has 0 atom stereocenters. The predicted octanol–water partition coefficient (Wildman–Crippen LogP) is 1.42. The van der Waals surface area contributed by atoms with Crippen LogP contribution in [0.1, 0.15) is 32.8 Å². The Labute approximate surface area is 119 Å². The zero-order valence-corrected chi connectivity index (χ0v) is 12.5. The number of esters is 1. The predicted molar refractivity (Wildman–Crippen MR) is 75.2 cm³/mol. The first-order valence-corrected chi connectivity index (χ1v) is 7.46. The Morgan fingerprint density at radius 2 is 1.80 bits per heavy atom. The van der Waals surface area contributed by atoms with E-state index in [1.807, 2.05) is 0 Å². The molecule has 0 spiro atoms. The Morgan fingerprint density at radius 1 is 1.25 bits per heavy atom. The standard InChI is InChI=1S/C14H17NO4S/c1-14(2,3)19-13(16)6-4-5-11-7-9-12(10-8-11)20(15,17)18/h7-10H,6H2,1-3H3,(H2,15,17,18). The van der Waals surface area contributed by atoms with Crippen molar-refractivity contribution in [3.8, 4) is 11.8 Å². The van der Waals surface area contributed by atoms with Crippen molar-refractivity contribution < 1.29 is 17.9 Å². The van der Waals surface area contributed by atoms with E-state index in [1.54, 1.807) is 20.8 Å². The Balaban J connectivity index is 2.67. The molecule has 1 rings (SSSR count). The molecule has 0 unspecified atom stereocenters. The highest BCUT2D eigenvalue weighted by atomic mass is 32.2. The van der Waals surface area contributed by atoms with E-state index in [2.05, 4.69) is 11.8 Å². The van der Waals surface area contributed by atoms with Crippen LogP contribution in [-0.2, 0) is 19.6 Å². The summed E-state index contributed by atoms with van der Waals surface area (Å²) in [5, 5.41) is 4.98. The average Bonchev–Trinajstić information content (AvgIpc) is 2.26. The number of carbonyl (C=O) groups excluding carboxylic acids is 1. The van der Waals surface area contributed by atoms with Gasteiger partial charge in [0.05, 0.1) is 4.90 Å². The maximum absolute atomic E-state index is 11.4. The van der Waals surface area contributed by atoms with Crippen LogP contribution >= 0.6 is 0 Å². The van der Waals surface area contributed by atoms with E-state index in [0.29, 0.717) is 5.56 Å². The lowest BCUT2D eigenvalue weighted by Gasteiger charge is -2.18. The summed E-state index contributed by atoms with van der Waals surface area (Å²) in [4.78, 5) is 11.4. The molecule has 5 nitrogen and oxygen atoms in total. The van der Waals surface area contributed by atoms with Crippen LogP contribution in [0.5, 0.6) is 0 Å². The molecule has 0 saturated heterocycles. The zero-order chi connectivity index (χ0) is 15.4. The fourth-order valence-corrected chi connectivity index (χ4v) is 1.84. The van der Waals surface area contributed by atoms with Crippen molar-refractivity contribution in [1.82, 2.24) is 0 Å². The molecule has 0 bridgehead atoms. The molecule has 0 aromatic heterocycles. The normalized spacial score (nSPS) is 11.4. The van der Waals surface area contributed by atoms with Crippen LogP contribution in [0.3, 0.4) is 0 Å². The Morgan fingerprint density at radius 3 is 2.25 bits per heavy atom. The van der Waals surface area contributed by atoms with Crippen LogP contribution < -0.4 is 5.14 Å². The zero-order valence-electron chi connectivity index (χ0n) is 11.6. The van der Waals surface area contributed by atoms with Gasteiger partial charge in [-0.3, -0.25) is 4.79 Å². The van der Waals surface area contributed by atoms with Crippen molar-refractivity contribution in [1.29, 1.82) is 0 Å². The average molecular weight is 295 g/mol. The molecule has 6 heteroatoms. The van der Waals surface area contributed by atoms with Gasteiger partial charge in [0.2, 0.25) is 10.0 Å². The first-order valence-electron chi connectivity index (χ1n) is 5.91. The monoisotopic (exact) mass is 295 g/mol. The van der Waals surface area contributed by atoms with Crippen molar-refractivity contribution in [2.45, 2.75) is 37.7 Å². The molecule has 0 heterocycles. The van der Waals surface area contributed by atoms with Crippen molar-refractivity contribution in [3.63, 3.8) is 0 Å². The van der Waals surface area contributed by atoms with Crippen molar-refractivity contribution in [3.05, 3.63) is 29.8 Å². The van der Waals surface area contributed by atoms with E-state index >= 15 is 0 Å². The highest BCUT2D eigenvalue weighted by molar-refractivity contribution is 7.89. The summed E-state index contributed by atoms with van der Waals surface area (Å²) in [6.45, 7) is 5.35. The third-order valence-corrected chi connectivity index (χ3v) is 3.00. The second-order valence-corrected chi connectivity index (χ2v) is 6.70. The second-order valence-electron chi connectivity index (χ2n) is 5.13. The summed E-state index contributed by atoms with van der Waals surface area (Å²) in [6, 6.07) is 5.79. The molecule has 0 saturated carbocycles. The van der Waals surface area contributed by atoms with E-state index in [1.165, 1.54) is 24.3 Å². The maximum atomic E-state index is 11.4. The van der Waals surface area contributed by atoms with Crippen molar-refractivity contribution >= 4 is 16.0 Å². The minimum Gasteiger partial charge on any atom is -0.459 e. The topological polar surface area (TPSA) is 86.5 Å². The van der Waals surface area contributed by atoms with Crippen LogP contribution in [0.2, 0.25) is 0 Å². The number of benzene rings is 1. The van der Waals surface area contributed by atoms with Gasteiger partial charge in [0, 0.05) is 5.56 Å². The van der Waals surface area contributed by atoms with Gasteiger partial charge in [-0.15, -0.1) is 0 Å². The molecule has 0 aliphatic carbocycles. The maximum Gasteiger partial charge on any atom is 0.318 e. The summed E-state index contributed by atoms with van der Waals surface area (Å²) in [7, 11) is -3.70. The molecule has 0 aliphatic heterocycles. The van der Waals surface area contributed by atoms with Crippen molar-refractivity contribution in [2.24, 2.45) is 5.14 Å². The molecule has 2 N–H and O–H groups in total. The Kier molecular flexibility index (Phi) is 4.93. The van der Waals surface area contributed by atoms with Gasteiger partial charge in [-0.1, -0.05) is 11.8 Å². The highest BCUT2D eigenvalue weighted by Gasteiger charge is 2.14. The van der Waals surface area contributed by atoms with E-state index in [4.69, 9.17) is 9.88 Å². The Hall–Kier alpha value is -1.84. The quantitative estimate of drug-likeness (QED) is 0.660. The number of rotatable bonds is 2. The first kappa shape index (κ1) is 16.2. The van der Waals surface area contributed by atoms with Gasteiger partial charge in [0.25, 0.3) is 0 Å². The molecular weight excluding hydrogens is 278 g/mol. The second kappa shape index (κ2) is 6.07. The molecule has 0 radical (unpaired) electrons. The van der Waals surface area contributed by atoms with E-state index in [-0.39, 0.29) is 11.3 Å².